The van der Waals surface area contributed by atoms with Crippen LogP contribution in [-0.4, -0.2) is 6.54 Å². The van der Waals surface area contributed by atoms with E-state index in [4.69, 9.17) is 0 Å². The average molecular weight is 247 g/mol. The highest BCUT2D eigenvalue weighted by atomic mass is 19.1. The minimum Gasteiger partial charge on any atom is -0.312 e. The fourth-order valence-corrected chi connectivity index (χ4v) is 2.43. The van der Waals surface area contributed by atoms with Crippen LogP contribution in [0.25, 0.3) is 0 Å². The Balaban J connectivity index is 1.71. The van der Waals surface area contributed by atoms with Crippen LogP contribution >= 0.6 is 0 Å². The summed E-state index contributed by atoms with van der Waals surface area (Å²) in [4.78, 5) is 0. The first-order valence-corrected chi connectivity index (χ1v) is 6.89. The second-order valence-corrected chi connectivity index (χ2v) is 5.12. The molecule has 0 aromatic heterocycles. The molecular formula is C16H22FN. The number of aryl methyl sites for hydroxylation is 1. The minimum absolute atomic E-state index is 0.119. The molecule has 18 heavy (non-hydrogen) atoms. The SMILES string of the molecule is Cc1cc(CNCCC2=CCCCC2)ccc1F. The molecule has 0 heterocycles. The molecule has 1 aliphatic carbocycles. The number of rotatable bonds is 5. The van der Waals surface area contributed by atoms with Gasteiger partial charge in [0.05, 0.1) is 0 Å². The van der Waals surface area contributed by atoms with E-state index in [0.29, 0.717) is 0 Å². The molecule has 0 saturated heterocycles. The molecule has 0 amide bonds. The van der Waals surface area contributed by atoms with Crippen LogP contribution in [0.1, 0.15) is 43.2 Å². The fraction of sp³-hybridized carbons (Fsp3) is 0.500. The molecule has 1 N–H and O–H groups in total. The maximum Gasteiger partial charge on any atom is 0.126 e. The third kappa shape index (κ3) is 3.95. The van der Waals surface area contributed by atoms with Crippen LogP contribution in [0.15, 0.2) is 29.8 Å². The van der Waals surface area contributed by atoms with Gasteiger partial charge >= 0.3 is 0 Å². The molecule has 2 heteroatoms. The summed E-state index contributed by atoms with van der Waals surface area (Å²) < 4.78 is 13.1. The summed E-state index contributed by atoms with van der Waals surface area (Å²) >= 11 is 0. The van der Waals surface area contributed by atoms with Gasteiger partial charge in [0.1, 0.15) is 5.82 Å². The predicted molar refractivity (Wildman–Crippen MR) is 74.0 cm³/mol. The van der Waals surface area contributed by atoms with Crippen molar-refractivity contribution < 1.29 is 4.39 Å². The number of hydrogen-bond donors (Lipinski definition) is 1. The molecule has 0 fully saturated rings. The van der Waals surface area contributed by atoms with E-state index >= 15 is 0 Å². The average Bonchev–Trinajstić information content (AvgIpc) is 2.40. The van der Waals surface area contributed by atoms with Gasteiger partial charge in [-0.3, -0.25) is 0 Å². The number of halogens is 1. The Hall–Kier alpha value is -1.15. The van der Waals surface area contributed by atoms with Gasteiger partial charge in [-0.2, -0.15) is 0 Å². The molecule has 2 rings (SSSR count). The largest absolute Gasteiger partial charge is 0.312 e. The maximum absolute atomic E-state index is 13.1. The van der Waals surface area contributed by atoms with E-state index in [0.717, 1.165) is 30.6 Å². The van der Waals surface area contributed by atoms with Crippen molar-refractivity contribution in [3.63, 3.8) is 0 Å². The Bertz CT molecular complexity index is 423. The molecule has 0 aliphatic heterocycles. The summed E-state index contributed by atoms with van der Waals surface area (Å²) in [6, 6.07) is 5.33. The third-order valence-corrected chi connectivity index (χ3v) is 3.56. The number of allylic oxidation sites excluding steroid dienone is 1. The van der Waals surface area contributed by atoms with Crippen LogP contribution in [0.3, 0.4) is 0 Å². The lowest BCUT2D eigenvalue weighted by atomic mass is 9.97. The predicted octanol–water partition coefficient (Wildman–Crippen LogP) is 4.11. The Kier molecular flexibility index (Phi) is 4.94. The fourth-order valence-electron chi connectivity index (χ4n) is 2.43. The molecule has 0 saturated carbocycles. The van der Waals surface area contributed by atoms with Crippen LogP contribution in [0, 0.1) is 12.7 Å². The monoisotopic (exact) mass is 247 g/mol. The summed E-state index contributed by atoms with van der Waals surface area (Å²) in [5.74, 6) is -0.119. The van der Waals surface area contributed by atoms with Crippen LogP contribution < -0.4 is 5.32 Å². The Morgan fingerprint density at radius 1 is 1.28 bits per heavy atom. The lowest BCUT2D eigenvalue weighted by Gasteiger charge is -2.13. The minimum atomic E-state index is -0.119. The number of benzene rings is 1. The van der Waals surface area contributed by atoms with Gasteiger partial charge in [0.25, 0.3) is 0 Å². The lowest BCUT2D eigenvalue weighted by molar-refractivity contribution is 0.613. The summed E-state index contributed by atoms with van der Waals surface area (Å²) in [6.07, 6.45) is 8.78. The van der Waals surface area contributed by atoms with Crippen LogP contribution in [0.2, 0.25) is 0 Å². The van der Waals surface area contributed by atoms with E-state index in [-0.39, 0.29) is 5.82 Å². The van der Waals surface area contributed by atoms with E-state index in [1.165, 1.54) is 25.7 Å². The number of nitrogens with one attached hydrogen (secondary N) is 1. The molecule has 98 valence electrons. The van der Waals surface area contributed by atoms with Crippen LogP contribution in [0.4, 0.5) is 4.39 Å². The van der Waals surface area contributed by atoms with Gasteiger partial charge in [-0.15, -0.1) is 0 Å². The van der Waals surface area contributed by atoms with Crippen molar-refractivity contribution in [1.29, 1.82) is 0 Å². The normalized spacial score (nSPS) is 15.6. The zero-order valence-corrected chi connectivity index (χ0v) is 11.1. The van der Waals surface area contributed by atoms with Gasteiger partial charge in [-0.25, -0.2) is 4.39 Å². The quantitative estimate of drug-likeness (QED) is 0.610. The molecule has 0 unspecified atom stereocenters. The molecule has 1 nitrogen and oxygen atoms in total. The van der Waals surface area contributed by atoms with Gasteiger partial charge in [-0.05, 0) is 62.8 Å². The highest BCUT2D eigenvalue weighted by Crippen LogP contribution is 2.19. The van der Waals surface area contributed by atoms with Crippen LogP contribution in [-0.2, 0) is 6.54 Å². The van der Waals surface area contributed by atoms with E-state index < -0.39 is 0 Å². The molecule has 0 bridgehead atoms. The van der Waals surface area contributed by atoms with Crippen molar-refractivity contribution in [2.24, 2.45) is 0 Å². The first-order valence-electron chi connectivity index (χ1n) is 6.89. The smallest absolute Gasteiger partial charge is 0.126 e. The molecule has 1 aromatic carbocycles. The highest BCUT2D eigenvalue weighted by Gasteiger charge is 2.03. The van der Waals surface area contributed by atoms with Crippen molar-refractivity contribution >= 4 is 0 Å². The summed E-state index contributed by atoms with van der Waals surface area (Å²) in [5, 5.41) is 3.43. The maximum atomic E-state index is 13.1. The zero-order valence-electron chi connectivity index (χ0n) is 11.1. The molecular weight excluding hydrogens is 225 g/mol. The van der Waals surface area contributed by atoms with Gasteiger partial charge in [0, 0.05) is 6.54 Å². The second-order valence-electron chi connectivity index (χ2n) is 5.12. The van der Waals surface area contributed by atoms with E-state index in [9.17, 15) is 4.39 Å². The molecule has 1 aliphatic rings. The zero-order chi connectivity index (χ0) is 12.8. The topological polar surface area (TPSA) is 12.0 Å². The van der Waals surface area contributed by atoms with Crippen LogP contribution in [0.5, 0.6) is 0 Å². The summed E-state index contributed by atoms with van der Waals surface area (Å²) in [6.45, 7) is 3.66. The molecule has 0 spiro atoms. The lowest BCUT2D eigenvalue weighted by Crippen LogP contribution is -2.15. The summed E-state index contributed by atoms with van der Waals surface area (Å²) in [5.41, 5.74) is 3.49. The standard InChI is InChI=1S/C16H22FN/c1-13-11-15(7-8-16(13)17)12-18-10-9-14-5-3-2-4-6-14/h5,7-8,11,18H,2-4,6,9-10,12H2,1H3. The van der Waals surface area contributed by atoms with Crippen molar-refractivity contribution in [2.45, 2.75) is 45.6 Å². The number of hydrogen-bond acceptors (Lipinski definition) is 1. The Morgan fingerprint density at radius 3 is 2.89 bits per heavy atom. The van der Waals surface area contributed by atoms with Gasteiger partial charge < -0.3 is 5.32 Å². The Labute approximate surface area is 109 Å². The summed E-state index contributed by atoms with van der Waals surface area (Å²) in [7, 11) is 0. The molecule has 0 atom stereocenters. The first-order chi connectivity index (χ1) is 8.75. The highest BCUT2D eigenvalue weighted by molar-refractivity contribution is 5.23. The van der Waals surface area contributed by atoms with Crippen molar-refractivity contribution in [2.75, 3.05) is 6.54 Å². The molecule has 0 radical (unpaired) electrons. The Morgan fingerprint density at radius 2 is 2.17 bits per heavy atom. The van der Waals surface area contributed by atoms with Crippen molar-refractivity contribution in [3.05, 3.63) is 46.8 Å². The van der Waals surface area contributed by atoms with Gasteiger partial charge in [0.15, 0.2) is 0 Å². The van der Waals surface area contributed by atoms with E-state index in [1.54, 1.807) is 11.6 Å². The van der Waals surface area contributed by atoms with Gasteiger partial charge in [0.2, 0.25) is 0 Å². The first kappa shape index (κ1) is 13.3. The van der Waals surface area contributed by atoms with Gasteiger partial charge in [-0.1, -0.05) is 23.8 Å². The van der Waals surface area contributed by atoms with E-state index in [1.807, 2.05) is 19.1 Å². The third-order valence-electron chi connectivity index (χ3n) is 3.56. The van der Waals surface area contributed by atoms with E-state index in [2.05, 4.69) is 11.4 Å². The second kappa shape index (κ2) is 6.69. The molecule has 1 aromatic rings. The van der Waals surface area contributed by atoms with Crippen molar-refractivity contribution in [3.8, 4) is 0 Å². The van der Waals surface area contributed by atoms with Crippen molar-refractivity contribution in [1.82, 2.24) is 5.32 Å².